The number of nitrogens with zero attached hydrogens (tertiary/aromatic N) is 2. The Morgan fingerprint density at radius 2 is 1.64 bits per heavy atom. The maximum absolute atomic E-state index is 5.69. The second-order valence-electron chi connectivity index (χ2n) is 4.98. The molecule has 3 aromatic rings. The van der Waals surface area contributed by atoms with Crippen LogP contribution in [-0.2, 0) is 0 Å². The lowest BCUT2D eigenvalue weighted by Crippen LogP contribution is -2.00. The molecule has 0 radical (unpaired) electrons. The van der Waals surface area contributed by atoms with Crippen LogP contribution in [0.5, 0.6) is 11.5 Å². The Balaban J connectivity index is 1.45. The van der Waals surface area contributed by atoms with E-state index in [1.54, 1.807) is 0 Å². The van der Waals surface area contributed by atoms with Gasteiger partial charge in [-0.2, -0.15) is 0 Å². The van der Waals surface area contributed by atoms with Crippen LogP contribution < -0.4 is 9.47 Å². The van der Waals surface area contributed by atoms with Crippen LogP contribution in [0.3, 0.4) is 0 Å². The van der Waals surface area contributed by atoms with Crippen molar-refractivity contribution >= 4 is 27.7 Å². The summed E-state index contributed by atoms with van der Waals surface area (Å²) in [6, 6.07) is 15.3. The van der Waals surface area contributed by atoms with E-state index in [1.807, 2.05) is 55.5 Å². The summed E-state index contributed by atoms with van der Waals surface area (Å²) in [5.41, 5.74) is 0.896. The zero-order valence-corrected chi connectivity index (χ0v) is 16.0. The Morgan fingerprint density at radius 1 is 0.960 bits per heavy atom. The first-order chi connectivity index (χ1) is 12.2. The molecule has 0 saturated heterocycles. The average molecular weight is 421 g/mol. The smallest absolute Gasteiger partial charge is 0.276 e. The van der Waals surface area contributed by atoms with Crippen LogP contribution in [0, 0.1) is 0 Å². The first-order valence-electron chi connectivity index (χ1n) is 7.82. The molecule has 0 N–H and O–H groups in total. The molecule has 25 heavy (non-hydrogen) atoms. The molecule has 0 fully saturated rings. The Hall–Kier alpha value is -1.99. The first-order valence-corrected chi connectivity index (χ1v) is 9.60. The lowest BCUT2D eigenvalue weighted by Gasteiger charge is -2.06. The largest absolute Gasteiger partial charge is 0.494 e. The van der Waals surface area contributed by atoms with Crippen LogP contribution in [-0.4, -0.2) is 29.2 Å². The van der Waals surface area contributed by atoms with Gasteiger partial charge in [0, 0.05) is 15.8 Å². The molecule has 0 aliphatic carbocycles. The quantitative estimate of drug-likeness (QED) is 0.374. The van der Waals surface area contributed by atoms with Crippen molar-refractivity contribution in [1.29, 1.82) is 0 Å². The fraction of sp³-hybridized carbons (Fsp3) is 0.222. The van der Waals surface area contributed by atoms with E-state index in [1.165, 1.54) is 11.8 Å². The van der Waals surface area contributed by atoms with Crippen LogP contribution in [0.4, 0.5) is 0 Å². The third-order valence-corrected chi connectivity index (χ3v) is 4.52. The molecule has 0 atom stereocenters. The summed E-state index contributed by atoms with van der Waals surface area (Å²) in [5.74, 6) is 2.89. The maximum atomic E-state index is 5.69. The van der Waals surface area contributed by atoms with Crippen LogP contribution in [0.2, 0.25) is 0 Å². The fourth-order valence-electron chi connectivity index (χ4n) is 2.06. The molecule has 1 aromatic heterocycles. The molecule has 0 aliphatic rings. The number of rotatable bonds is 8. The molecule has 0 spiro atoms. The summed E-state index contributed by atoms with van der Waals surface area (Å²) in [5, 5.41) is 8.66. The van der Waals surface area contributed by atoms with Crippen molar-refractivity contribution in [3.8, 4) is 23.0 Å². The summed E-state index contributed by atoms with van der Waals surface area (Å²) < 4.78 is 17.8. The second kappa shape index (κ2) is 8.92. The molecule has 0 bridgehead atoms. The van der Waals surface area contributed by atoms with E-state index >= 15 is 0 Å². The third kappa shape index (κ3) is 5.24. The zero-order valence-electron chi connectivity index (χ0n) is 13.6. The van der Waals surface area contributed by atoms with Gasteiger partial charge in [0.05, 0.1) is 13.2 Å². The average Bonchev–Trinajstić information content (AvgIpc) is 3.10. The van der Waals surface area contributed by atoms with E-state index < -0.39 is 0 Å². The molecule has 0 saturated carbocycles. The highest BCUT2D eigenvalue weighted by Gasteiger charge is 2.09. The highest BCUT2D eigenvalue weighted by molar-refractivity contribution is 9.10. The van der Waals surface area contributed by atoms with Crippen molar-refractivity contribution in [2.24, 2.45) is 0 Å². The van der Waals surface area contributed by atoms with Gasteiger partial charge in [0.25, 0.3) is 5.22 Å². The third-order valence-electron chi connectivity index (χ3n) is 3.21. The second-order valence-corrected chi connectivity index (χ2v) is 6.94. The molecule has 7 heteroatoms. The molecule has 3 rings (SSSR count). The molecule has 0 aliphatic heterocycles. The Kier molecular flexibility index (Phi) is 6.36. The summed E-state index contributed by atoms with van der Waals surface area (Å²) >= 11 is 4.87. The molecule has 2 aromatic carbocycles. The fourth-order valence-corrected chi connectivity index (χ4v) is 2.91. The number of hydrogen-bond acceptors (Lipinski definition) is 6. The van der Waals surface area contributed by atoms with E-state index in [4.69, 9.17) is 13.9 Å². The van der Waals surface area contributed by atoms with Crippen LogP contribution in [0.25, 0.3) is 11.5 Å². The molecule has 130 valence electrons. The van der Waals surface area contributed by atoms with Gasteiger partial charge in [0.2, 0.25) is 5.89 Å². The summed E-state index contributed by atoms with van der Waals surface area (Å²) in [7, 11) is 0. The van der Waals surface area contributed by atoms with Crippen LogP contribution in [0.1, 0.15) is 6.92 Å². The number of aromatic nitrogens is 2. The van der Waals surface area contributed by atoms with E-state index in [9.17, 15) is 0 Å². The van der Waals surface area contributed by atoms with Gasteiger partial charge in [0.15, 0.2) is 0 Å². The van der Waals surface area contributed by atoms with Gasteiger partial charge >= 0.3 is 0 Å². The minimum atomic E-state index is 0.516. The predicted octanol–water partition coefficient (Wildman–Crippen LogP) is 5.07. The molecule has 1 heterocycles. The monoisotopic (exact) mass is 420 g/mol. The summed E-state index contributed by atoms with van der Waals surface area (Å²) in [6.07, 6.45) is 0. The Labute approximate surface area is 158 Å². The Morgan fingerprint density at radius 3 is 2.32 bits per heavy atom. The minimum absolute atomic E-state index is 0.516. The predicted molar refractivity (Wildman–Crippen MR) is 101 cm³/mol. The van der Waals surface area contributed by atoms with Gasteiger partial charge in [-0.05, 0) is 55.5 Å². The summed E-state index contributed by atoms with van der Waals surface area (Å²) in [6.45, 7) is 3.17. The van der Waals surface area contributed by atoms with Crippen molar-refractivity contribution in [1.82, 2.24) is 10.2 Å². The van der Waals surface area contributed by atoms with Crippen LogP contribution >= 0.6 is 27.7 Å². The van der Waals surface area contributed by atoms with Crippen molar-refractivity contribution in [3.63, 3.8) is 0 Å². The number of thioether (sulfide) groups is 1. The van der Waals surface area contributed by atoms with E-state index in [0.717, 1.165) is 27.3 Å². The number of ether oxygens (including phenoxy) is 2. The number of hydrogen-bond donors (Lipinski definition) is 0. The maximum Gasteiger partial charge on any atom is 0.276 e. The van der Waals surface area contributed by atoms with Gasteiger partial charge in [-0.1, -0.05) is 27.7 Å². The number of benzene rings is 2. The highest BCUT2D eigenvalue weighted by atomic mass is 79.9. The van der Waals surface area contributed by atoms with Crippen LogP contribution in [0.15, 0.2) is 62.6 Å². The topological polar surface area (TPSA) is 57.4 Å². The lowest BCUT2D eigenvalue weighted by molar-refractivity contribution is 0.332. The molecule has 0 amide bonds. The molecule has 0 unspecified atom stereocenters. The zero-order chi connectivity index (χ0) is 17.5. The SMILES string of the molecule is CCOc1ccc(OCCSc2nnc(-c3ccc(Br)cc3)o2)cc1. The molecular weight excluding hydrogens is 404 g/mol. The first kappa shape index (κ1) is 17.8. The molecular formula is C18H17BrN2O3S. The number of halogens is 1. The standard InChI is InChI=1S/C18H17BrN2O3S/c1-2-22-15-7-9-16(10-8-15)23-11-12-25-18-21-20-17(24-18)13-3-5-14(19)6-4-13/h3-10H,2,11-12H2,1H3. The Bertz CT molecular complexity index is 791. The normalized spacial score (nSPS) is 10.6. The lowest BCUT2D eigenvalue weighted by atomic mass is 10.2. The van der Waals surface area contributed by atoms with Gasteiger partial charge in [-0.3, -0.25) is 0 Å². The summed E-state index contributed by atoms with van der Waals surface area (Å²) in [4.78, 5) is 0. The van der Waals surface area contributed by atoms with Gasteiger partial charge in [-0.25, -0.2) is 0 Å². The van der Waals surface area contributed by atoms with Crippen molar-refractivity contribution in [3.05, 3.63) is 53.0 Å². The minimum Gasteiger partial charge on any atom is -0.494 e. The van der Waals surface area contributed by atoms with E-state index in [0.29, 0.717) is 24.3 Å². The van der Waals surface area contributed by atoms with E-state index in [-0.39, 0.29) is 0 Å². The van der Waals surface area contributed by atoms with Crippen molar-refractivity contribution < 1.29 is 13.9 Å². The van der Waals surface area contributed by atoms with Crippen molar-refractivity contribution in [2.75, 3.05) is 19.0 Å². The van der Waals surface area contributed by atoms with Crippen molar-refractivity contribution in [2.45, 2.75) is 12.1 Å². The molecule has 5 nitrogen and oxygen atoms in total. The van der Waals surface area contributed by atoms with Gasteiger partial charge in [-0.15, -0.1) is 10.2 Å². The van der Waals surface area contributed by atoms with E-state index in [2.05, 4.69) is 26.1 Å². The van der Waals surface area contributed by atoms with Gasteiger partial charge in [0.1, 0.15) is 11.5 Å². The highest BCUT2D eigenvalue weighted by Crippen LogP contribution is 2.24. The van der Waals surface area contributed by atoms with Gasteiger partial charge < -0.3 is 13.9 Å².